The topological polar surface area (TPSA) is 77.9 Å². The molecule has 140 valence electrons. The van der Waals surface area contributed by atoms with E-state index in [2.05, 4.69) is 0 Å². The molecule has 0 aliphatic carbocycles. The highest BCUT2D eigenvalue weighted by Crippen LogP contribution is 2.37. The number of nitrogens with zero attached hydrogens (tertiary/aromatic N) is 2. The molecule has 26 heavy (non-hydrogen) atoms. The van der Waals surface area contributed by atoms with Crippen molar-refractivity contribution in [1.82, 2.24) is 9.80 Å². The van der Waals surface area contributed by atoms with Crippen molar-refractivity contribution in [3.8, 4) is 0 Å². The summed E-state index contributed by atoms with van der Waals surface area (Å²) in [6.45, 7) is 6.18. The van der Waals surface area contributed by atoms with E-state index in [9.17, 15) is 19.5 Å². The van der Waals surface area contributed by atoms with E-state index in [1.807, 2.05) is 38.1 Å². The van der Waals surface area contributed by atoms with Crippen molar-refractivity contribution in [3.63, 3.8) is 0 Å². The molecule has 2 unspecified atom stereocenters. The van der Waals surface area contributed by atoms with E-state index in [-0.39, 0.29) is 30.8 Å². The second-order valence-corrected chi connectivity index (χ2v) is 7.94. The number of amides is 2. The summed E-state index contributed by atoms with van der Waals surface area (Å²) in [7, 11) is 0. The summed E-state index contributed by atoms with van der Waals surface area (Å²) < 4.78 is 0. The third-order valence-electron chi connectivity index (χ3n) is 5.71. The van der Waals surface area contributed by atoms with Crippen LogP contribution in [0.3, 0.4) is 0 Å². The van der Waals surface area contributed by atoms with E-state index < -0.39 is 17.4 Å². The molecule has 0 bridgehead atoms. The van der Waals surface area contributed by atoms with Gasteiger partial charge in [0.05, 0.1) is 18.4 Å². The Labute approximate surface area is 153 Å². The normalized spacial score (nSPS) is 24.3. The fourth-order valence-electron chi connectivity index (χ4n) is 4.37. The van der Waals surface area contributed by atoms with Crippen LogP contribution in [0, 0.1) is 5.92 Å². The number of rotatable bonds is 3. The summed E-state index contributed by atoms with van der Waals surface area (Å²) in [6.07, 6.45) is 1.43. The van der Waals surface area contributed by atoms with Crippen LogP contribution in [0.25, 0.3) is 0 Å². The molecule has 2 aliphatic heterocycles. The van der Waals surface area contributed by atoms with Crippen LogP contribution in [0.2, 0.25) is 0 Å². The zero-order valence-corrected chi connectivity index (χ0v) is 15.6. The van der Waals surface area contributed by atoms with Crippen LogP contribution in [0.4, 0.5) is 0 Å². The third kappa shape index (κ3) is 3.32. The van der Waals surface area contributed by atoms with Gasteiger partial charge in [-0.3, -0.25) is 14.4 Å². The minimum Gasteiger partial charge on any atom is -0.481 e. The summed E-state index contributed by atoms with van der Waals surface area (Å²) in [4.78, 5) is 40.0. The van der Waals surface area contributed by atoms with Gasteiger partial charge in [-0.05, 0) is 37.8 Å². The maximum Gasteiger partial charge on any atom is 0.308 e. The SMILES string of the molecule is CC(=O)N1CCc2ccccc2C1CC(=O)N1CC(C(=O)O)CC1(C)C. The molecule has 2 heterocycles. The highest BCUT2D eigenvalue weighted by atomic mass is 16.4. The smallest absolute Gasteiger partial charge is 0.308 e. The van der Waals surface area contributed by atoms with E-state index in [0.29, 0.717) is 13.0 Å². The molecule has 2 amide bonds. The summed E-state index contributed by atoms with van der Waals surface area (Å²) in [5.41, 5.74) is 1.70. The number of carbonyl (C=O) groups is 3. The zero-order chi connectivity index (χ0) is 19.1. The molecular weight excluding hydrogens is 332 g/mol. The molecule has 2 atom stereocenters. The summed E-state index contributed by atoms with van der Waals surface area (Å²) in [5.74, 6) is -1.52. The maximum atomic E-state index is 13.1. The van der Waals surface area contributed by atoms with Gasteiger partial charge in [0.15, 0.2) is 0 Å². The number of likely N-dealkylation sites (tertiary alicyclic amines) is 1. The van der Waals surface area contributed by atoms with E-state index in [1.165, 1.54) is 12.5 Å². The lowest BCUT2D eigenvalue weighted by Gasteiger charge is -2.39. The number of carboxylic acids is 1. The molecule has 2 aliphatic rings. The Morgan fingerprint density at radius 1 is 1.23 bits per heavy atom. The average Bonchev–Trinajstić information content (AvgIpc) is 2.90. The van der Waals surface area contributed by atoms with Gasteiger partial charge < -0.3 is 14.9 Å². The first-order valence-corrected chi connectivity index (χ1v) is 9.09. The first kappa shape index (κ1) is 18.4. The molecule has 1 aromatic carbocycles. The van der Waals surface area contributed by atoms with E-state index in [1.54, 1.807) is 9.80 Å². The van der Waals surface area contributed by atoms with Crippen molar-refractivity contribution in [3.05, 3.63) is 35.4 Å². The number of hydrogen-bond acceptors (Lipinski definition) is 3. The third-order valence-corrected chi connectivity index (χ3v) is 5.71. The second kappa shape index (κ2) is 6.74. The van der Waals surface area contributed by atoms with Crippen molar-refractivity contribution in [2.24, 2.45) is 5.92 Å². The molecule has 1 aromatic rings. The van der Waals surface area contributed by atoms with Crippen molar-refractivity contribution in [2.75, 3.05) is 13.1 Å². The van der Waals surface area contributed by atoms with Gasteiger partial charge in [0.2, 0.25) is 11.8 Å². The summed E-state index contributed by atoms with van der Waals surface area (Å²) in [6, 6.07) is 7.65. The number of carboxylic acid groups (broad SMARTS) is 1. The van der Waals surface area contributed by atoms with Crippen molar-refractivity contribution < 1.29 is 19.5 Å². The van der Waals surface area contributed by atoms with Gasteiger partial charge in [-0.2, -0.15) is 0 Å². The minimum atomic E-state index is -0.859. The molecule has 3 rings (SSSR count). The standard InChI is InChI=1S/C20H26N2O4/c1-13(23)21-9-8-14-6-4-5-7-16(14)17(21)10-18(24)22-12-15(19(25)26)11-20(22,2)3/h4-7,15,17H,8-12H2,1-3H3,(H,25,26). The highest BCUT2D eigenvalue weighted by molar-refractivity contribution is 5.82. The van der Waals surface area contributed by atoms with Crippen LogP contribution in [-0.2, 0) is 20.8 Å². The predicted molar refractivity (Wildman–Crippen MR) is 96.4 cm³/mol. The average molecular weight is 358 g/mol. The second-order valence-electron chi connectivity index (χ2n) is 7.94. The van der Waals surface area contributed by atoms with Gasteiger partial charge in [0, 0.05) is 25.6 Å². The van der Waals surface area contributed by atoms with Crippen LogP contribution in [0.5, 0.6) is 0 Å². The number of aliphatic carboxylic acids is 1. The molecule has 6 nitrogen and oxygen atoms in total. The molecule has 0 radical (unpaired) electrons. The monoisotopic (exact) mass is 358 g/mol. The number of fused-ring (bicyclic) bond motifs is 1. The van der Waals surface area contributed by atoms with Crippen molar-refractivity contribution in [1.29, 1.82) is 0 Å². The lowest BCUT2D eigenvalue weighted by atomic mass is 9.90. The first-order valence-electron chi connectivity index (χ1n) is 9.09. The summed E-state index contributed by atoms with van der Waals surface area (Å²) >= 11 is 0. The molecule has 0 aromatic heterocycles. The predicted octanol–water partition coefficient (Wildman–Crippen LogP) is 2.23. The number of hydrogen-bond donors (Lipinski definition) is 1. The van der Waals surface area contributed by atoms with Crippen LogP contribution in [-0.4, -0.2) is 51.3 Å². The minimum absolute atomic E-state index is 0.0404. The van der Waals surface area contributed by atoms with E-state index in [0.717, 1.165) is 12.0 Å². The Hall–Kier alpha value is -2.37. The molecular formula is C20H26N2O4. The van der Waals surface area contributed by atoms with Gasteiger partial charge >= 0.3 is 5.97 Å². The molecule has 1 fully saturated rings. The first-order chi connectivity index (χ1) is 12.2. The van der Waals surface area contributed by atoms with Gasteiger partial charge in [-0.15, -0.1) is 0 Å². The Balaban J connectivity index is 1.85. The van der Waals surface area contributed by atoms with E-state index in [4.69, 9.17) is 0 Å². The Morgan fingerprint density at radius 3 is 2.54 bits per heavy atom. The number of benzene rings is 1. The quantitative estimate of drug-likeness (QED) is 0.899. The lowest BCUT2D eigenvalue weighted by Crippen LogP contribution is -2.46. The van der Waals surface area contributed by atoms with Gasteiger partial charge in [-0.1, -0.05) is 24.3 Å². The van der Waals surface area contributed by atoms with Crippen LogP contribution in [0.15, 0.2) is 24.3 Å². The van der Waals surface area contributed by atoms with Gasteiger partial charge in [0.1, 0.15) is 0 Å². The molecule has 1 saturated heterocycles. The Bertz CT molecular complexity index is 743. The van der Waals surface area contributed by atoms with Crippen LogP contribution in [0.1, 0.15) is 50.8 Å². The fourth-order valence-corrected chi connectivity index (χ4v) is 4.37. The number of carbonyl (C=O) groups excluding carboxylic acids is 2. The van der Waals surface area contributed by atoms with Crippen molar-refractivity contribution in [2.45, 2.75) is 51.6 Å². The van der Waals surface area contributed by atoms with Crippen LogP contribution < -0.4 is 0 Å². The Morgan fingerprint density at radius 2 is 1.92 bits per heavy atom. The lowest BCUT2D eigenvalue weighted by molar-refractivity contribution is -0.141. The zero-order valence-electron chi connectivity index (χ0n) is 15.6. The Kier molecular flexibility index (Phi) is 4.78. The van der Waals surface area contributed by atoms with E-state index >= 15 is 0 Å². The van der Waals surface area contributed by atoms with Gasteiger partial charge in [-0.25, -0.2) is 0 Å². The molecule has 0 saturated carbocycles. The fraction of sp³-hybridized carbons (Fsp3) is 0.550. The van der Waals surface area contributed by atoms with Gasteiger partial charge in [0.25, 0.3) is 0 Å². The van der Waals surface area contributed by atoms with Crippen LogP contribution >= 0.6 is 0 Å². The molecule has 6 heteroatoms. The maximum absolute atomic E-state index is 13.1. The molecule has 1 N–H and O–H groups in total. The summed E-state index contributed by atoms with van der Waals surface area (Å²) in [5, 5.41) is 9.32. The van der Waals surface area contributed by atoms with Crippen molar-refractivity contribution >= 4 is 17.8 Å². The molecule has 0 spiro atoms. The highest BCUT2D eigenvalue weighted by Gasteiger charge is 2.45. The largest absolute Gasteiger partial charge is 0.481 e.